The van der Waals surface area contributed by atoms with Crippen molar-refractivity contribution in [1.29, 1.82) is 0 Å². The Labute approximate surface area is 74.0 Å². The van der Waals surface area contributed by atoms with Crippen molar-refractivity contribution in [3.63, 3.8) is 0 Å². The van der Waals surface area contributed by atoms with Crippen molar-refractivity contribution in [2.45, 2.75) is 20.8 Å². The Morgan fingerprint density at radius 2 is 1.36 bits per heavy atom. The first-order chi connectivity index (χ1) is 4.61. The Balaban J connectivity index is 0.000001000. The smallest absolute Gasteiger partial charge is 0.0373 e. The molecule has 2 heteroatoms. The molecule has 0 amide bonds. The van der Waals surface area contributed by atoms with Crippen LogP contribution in [0.25, 0.3) is 0 Å². The molecule has 0 fully saturated rings. The van der Waals surface area contributed by atoms with Crippen LogP contribution >= 0.6 is 12.4 Å². The van der Waals surface area contributed by atoms with Gasteiger partial charge in [-0.15, -0.1) is 12.4 Å². The summed E-state index contributed by atoms with van der Waals surface area (Å²) in [5.41, 5.74) is 10.3. The van der Waals surface area contributed by atoms with Gasteiger partial charge >= 0.3 is 0 Å². The number of nitrogen functional groups attached to an aromatic ring is 1. The minimum atomic E-state index is 0. The summed E-state index contributed by atoms with van der Waals surface area (Å²) < 4.78 is 0. The van der Waals surface area contributed by atoms with E-state index in [1.54, 1.807) is 0 Å². The number of hydrogen-bond acceptors (Lipinski definition) is 1. The number of anilines is 1. The van der Waals surface area contributed by atoms with E-state index < -0.39 is 0 Å². The highest BCUT2D eigenvalue weighted by molar-refractivity contribution is 5.85. The van der Waals surface area contributed by atoms with Gasteiger partial charge in [0.25, 0.3) is 0 Å². The molecule has 62 valence electrons. The highest BCUT2D eigenvalue weighted by Crippen LogP contribution is 2.17. The second-order valence-corrected chi connectivity index (χ2v) is 2.81. The SMILES string of the molecule is Cc1cc(C)c(N)c(C)c1.Cl. The van der Waals surface area contributed by atoms with Crippen LogP contribution in [0.1, 0.15) is 16.7 Å². The fraction of sp³-hybridized carbons (Fsp3) is 0.333. The molecule has 0 saturated heterocycles. The summed E-state index contributed by atoms with van der Waals surface area (Å²) in [6.07, 6.45) is 0. The van der Waals surface area contributed by atoms with E-state index in [0.717, 1.165) is 5.69 Å². The molecule has 0 saturated carbocycles. The van der Waals surface area contributed by atoms with Crippen LogP contribution in [-0.2, 0) is 0 Å². The summed E-state index contributed by atoms with van der Waals surface area (Å²) in [5, 5.41) is 0. The van der Waals surface area contributed by atoms with Crippen molar-refractivity contribution in [3.8, 4) is 0 Å². The van der Waals surface area contributed by atoms with Gasteiger partial charge in [-0.1, -0.05) is 17.7 Å². The van der Waals surface area contributed by atoms with E-state index >= 15 is 0 Å². The lowest BCUT2D eigenvalue weighted by Gasteiger charge is -2.04. The highest BCUT2D eigenvalue weighted by Gasteiger charge is 1.96. The standard InChI is InChI=1S/C9H13N.ClH/c1-6-4-7(2)9(10)8(3)5-6;/h4-5H,10H2,1-3H3;1H. The van der Waals surface area contributed by atoms with Crippen LogP contribution in [-0.4, -0.2) is 0 Å². The molecule has 2 N–H and O–H groups in total. The number of hydrogen-bond donors (Lipinski definition) is 1. The number of halogens is 1. The molecule has 1 aromatic carbocycles. The van der Waals surface area contributed by atoms with E-state index in [0.29, 0.717) is 0 Å². The van der Waals surface area contributed by atoms with E-state index in [9.17, 15) is 0 Å². The van der Waals surface area contributed by atoms with Crippen molar-refractivity contribution in [2.75, 3.05) is 5.73 Å². The predicted octanol–water partition coefficient (Wildman–Crippen LogP) is 2.62. The van der Waals surface area contributed by atoms with Crippen LogP contribution in [0.3, 0.4) is 0 Å². The zero-order valence-electron chi connectivity index (χ0n) is 7.14. The molecule has 0 heterocycles. The van der Waals surface area contributed by atoms with Crippen LogP contribution in [0.2, 0.25) is 0 Å². The predicted molar refractivity (Wildman–Crippen MR) is 52.3 cm³/mol. The molecule has 0 atom stereocenters. The Morgan fingerprint density at radius 3 is 1.73 bits per heavy atom. The average Bonchev–Trinajstić information content (AvgIpc) is 1.82. The number of nitrogens with two attached hydrogens (primary N) is 1. The van der Waals surface area contributed by atoms with Crippen LogP contribution in [0.5, 0.6) is 0 Å². The maximum atomic E-state index is 5.75. The van der Waals surface area contributed by atoms with E-state index in [1.165, 1.54) is 16.7 Å². The normalized spacial score (nSPS) is 9.00. The third kappa shape index (κ3) is 2.12. The molecule has 0 unspecified atom stereocenters. The van der Waals surface area contributed by atoms with E-state index in [4.69, 9.17) is 5.73 Å². The fourth-order valence-electron chi connectivity index (χ4n) is 1.19. The van der Waals surface area contributed by atoms with E-state index in [2.05, 4.69) is 19.1 Å². The number of rotatable bonds is 0. The lowest BCUT2D eigenvalue weighted by atomic mass is 10.1. The molecule has 1 rings (SSSR count). The zero-order valence-corrected chi connectivity index (χ0v) is 7.96. The largest absolute Gasteiger partial charge is 0.398 e. The lowest BCUT2D eigenvalue weighted by molar-refractivity contribution is 1.33. The van der Waals surface area contributed by atoms with Gasteiger partial charge in [-0.3, -0.25) is 0 Å². The van der Waals surface area contributed by atoms with Crippen LogP contribution in [0, 0.1) is 20.8 Å². The maximum Gasteiger partial charge on any atom is 0.0373 e. The summed E-state index contributed by atoms with van der Waals surface area (Å²) in [4.78, 5) is 0. The van der Waals surface area contributed by atoms with Gasteiger partial charge in [0.15, 0.2) is 0 Å². The third-order valence-electron chi connectivity index (χ3n) is 1.74. The first-order valence-electron chi connectivity index (χ1n) is 3.44. The topological polar surface area (TPSA) is 26.0 Å². The summed E-state index contributed by atoms with van der Waals surface area (Å²) in [6, 6.07) is 4.20. The van der Waals surface area contributed by atoms with Gasteiger partial charge < -0.3 is 5.73 Å². The molecule has 0 aliphatic rings. The van der Waals surface area contributed by atoms with Crippen LogP contribution in [0.4, 0.5) is 5.69 Å². The quantitative estimate of drug-likeness (QED) is 0.597. The van der Waals surface area contributed by atoms with Gasteiger partial charge in [0.2, 0.25) is 0 Å². The molecule has 0 radical (unpaired) electrons. The average molecular weight is 172 g/mol. The summed E-state index contributed by atoms with van der Waals surface area (Å²) in [5.74, 6) is 0. The molecule has 0 aliphatic heterocycles. The second-order valence-electron chi connectivity index (χ2n) is 2.81. The first-order valence-corrected chi connectivity index (χ1v) is 3.44. The zero-order chi connectivity index (χ0) is 7.72. The highest BCUT2D eigenvalue weighted by atomic mass is 35.5. The van der Waals surface area contributed by atoms with Gasteiger partial charge in [0.05, 0.1) is 0 Å². The summed E-state index contributed by atoms with van der Waals surface area (Å²) >= 11 is 0. The maximum absolute atomic E-state index is 5.75. The van der Waals surface area contributed by atoms with Gasteiger partial charge in [-0.25, -0.2) is 0 Å². The molecule has 0 aromatic heterocycles. The number of benzene rings is 1. The minimum absolute atomic E-state index is 0. The molecule has 1 aromatic rings. The van der Waals surface area contributed by atoms with Gasteiger partial charge in [-0.05, 0) is 31.9 Å². The van der Waals surface area contributed by atoms with Crippen LogP contribution < -0.4 is 5.73 Å². The summed E-state index contributed by atoms with van der Waals surface area (Å²) in [6.45, 7) is 6.16. The van der Waals surface area contributed by atoms with Gasteiger partial charge in [0, 0.05) is 5.69 Å². The molecular weight excluding hydrogens is 158 g/mol. The molecule has 0 spiro atoms. The van der Waals surface area contributed by atoms with Crippen molar-refractivity contribution < 1.29 is 0 Å². The summed E-state index contributed by atoms with van der Waals surface area (Å²) in [7, 11) is 0. The molecule has 0 bridgehead atoms. The Bertz CT molecular complexity index is 233. The Kier molecular flexibility index (Phi) is 3.40. The van der Waals surface area contributed by atoms with E-state index in [-0.39, 0.29) is 12.4 Å². The monoisotopic (exact) mass is 171 g/mol. The lowest BCUT2D eigenvalue weighted by Crippen LogP contribution is -1.93. The number of aryl methyl sites for hydroxylation is 3. The van der Waals surface area contributed by atoms with Gasteiger partial charge in [-0.2, -0.15) is 0 Å². The van der Waals surface area contributed by atoms with Crippen molar-refractivity contribution in [2.24, 2.45) is 0 Å². The van der Waals surface area contributed by atoms with Crippen molar-refractivity contribution in [3.05, 3.63) is 28.8 Å². The fourth-order valence-corrected chi connectivity index (χ4v) is 1.19. The molecular formula is C9H14ClN. The van der Waals surface area contributed by atoms with Crippen LogP contribution in [0.15, 0.2) is 12.1 Å². The van der Waals surface area contributed by atoms with E-state index in [1.807, 2.05) is 13.8 Å². The van der Waals surface area contributed by atoms with Crippen molar-refractivity contribution >= 4 is 18.1 Å². The second kappa shape index (κ2) is 3.63. The minimum Gasteiger partial charge on any atom is -0.398 e. The molecule has 1 nitrogen and oxygen atoms in total. The first kappa shape index (κ1) is 10.3. The Morgan fingerprint density at radius 1 is 1.00 bits per heavy atom. The molecule has 11 heavy (non-hydrogen) atoms. The van der Waals surface area contributed by atoms with Gasteiger partial charge in [0.1, 0.15) is 0 Å². The Hall–Kier alpha value is -0.690. The molecule has 0 aliphatic carbocycles. The third-order valence-corrected chi connectivity index (χ3v) is 1.74. The van der Waals surface area contributed by atoms with Crippen molar-refractivity contribution in [1.82, 2.24) is 0 Å².